The topological polar surface area (TPSA) is 90.4 Å². The minimum Gasteiger partial charge on any atom is -0.463 e. The van der Waals surface area contributed by atoms with Gasteiger partial charge in [-0.25, -0.2) is 4.79 Å². The molecule has 0 saturated heterocycles. The van der Waals surface area contributed by atoms with Crippen molar-refractivity contribution in [3.63, 3.8) is 0 Å². The summed E-state index contributed by atoms with van der Waals surface area (Å²) < 4.78 is 11.8. The summed E-state index contributed by atoms with van der Waals surface area (Å²) in [7, 11) is 0. The SMILES string of the molecule is CCCCCCCCCCCCCCCCCC(=O)OCCOCn1cc(C)c(=O)[nH]c1=O. The highest BCUT2D eigenvalue weighted by Crippen LogP contribution is 2.13. The first-order chi connectivity index (χ1) is 16.0. The van der Waals surface area contributed by atoms with Crippen molar-refractivity contribution >= 4 is 5.97 Å². The fourth-order valence-corrected chi connectivity index (χ4v) is 3.80. The van der Waals surface area contributed by atoms with E-state index in [1.54, 1.807) is 6.92 Å². The summed E-state index contributed by atoms with van der Waals surface area (Å²) in [5.74, 6) is -0.203. The lowest BCUT2D eigenvalue weighted by molar-refractivity contribution is -0.145. The van der Waals surface area contributed by atoms with Crippen LogP contribution >= 0.6 is 0 Å². The van der Waals surface area contributed by atoms with Gasteiger partial charge in [-0.15, -0.1) is 0 Å². The van der Waals surface area contributed by atoms with Gasteiger partial charge in [-0.05, 0) is 13.3 Å². The average molecular weight is 467 g/mol. The van der Waals surface area contributed by atoms with Crippen molar-refractivity contribution in [1.29, 1.82) is 0 Å². The Hall–Kier alpha value is -1.89. The van der Waals surface area contributed by atoms with Gasteiger partial charge >= 0.3 is 11.7 Å². The highest BCUT2D eigenvalue weighted by molar-refractivity contribution is 5.69. The van der Waals surface area contributed by atoms with Crippen LogP contribution in [0.15, 0.2) is 15.8 Å². The third kappa shape index (κ3) is 15.6. The molecule has 0 fully saturated rings. The van der Waals surface area contributed by atoms with E-state index in [1.807, 2.05) is 0 Å². The Morgan fingerprint density at radius 1 is 0.818 bits per heavy atom. The number of unbranched alkanes of at least 4 members (excludes halogenated alkanes) is 14. The minimum atomic E-state index is -0.518. The van der Waals surface area contributed by atoms with Gasteiger partial charge in [0.15, 0.2) is 0 Å². The molecule has 0 unspecified atom stereocenters. The molecule has 0 aromatic carbocycles. The maximum atomic E-state index is 11.8. The maximum absolute atomic E-state index is 11.8. The molecule has 1 aromatic heterocycles. The van der Waals surface area contributed by atoms with Crippen molar-refractivity contribution in [2.75, 3.05) is 13.2 Å². The van der Waals surface area contributed by atoms with Crippen LogP contribution < -0.4 is 11.2 Å². The molecule has 0 saturated carbocycles. The quantitative estimate of drug-likeness (QED) is 0.187. The Kier molecular flexibility index (Phi) is 17.3. The Bertz CT molecular complexity index is 741. The first-order valence-electron chi connectivity index (χ1n) is 13.1. The van der Waals surface area contributed by atoms with E-state index in [2.05, 4.69) is 11.9 Å². The zero-order valence-electron chi connectivity index (χ0n) is 21.0. The molecule has 7 heteroatoms. The van der Waals surface area contributed by atoms with Crippen molar-refractivity contribution in [2.45, 2.75) is 123 Å². The summed E-state index contributed by atoms with van der Waals surface area (Å²) in [6.07, 6.45) is 21.4. The van der Waals surface area contributed by atoms with Gasteiger partial charge in [0.25, 0.3) is 5.56 Å². The minimum absolute atomic E-state index is 0.00700. The molecule has 1 rings (SSSR count). The smallest absolute Gasteiger partial charge is 0.330 e. The number of nitrogens with one attached hydrogen (secondary N) is 1. The monoisotopic (exact) mass is 466 g/mol. The largest absolute Gasteiger partial charge is 0.463 e. The number of H-pyrrole nitrogens is 1. The number of nitrogens with zero attached hydrogens (tertiary/aromatic N) is 1. The van der Waals surface area contributed by atoms with Crippen molar-refractivity contribution in [3.8, 4) is 0 Å². The van der Waals surface area contributed by atoms with Gasteiger partial charge in [-0.2, -0.15) is 0 Å². The zero-order valence-corrected chi connectivity index (χ0v) is 21.0. The number of hydrogen-bond donors (Lipinski definition) is 1. The Morgan fingerprint density at radius 3 is 1.88 bits per heavy atom. The number of aryl methyl sites for hydroxylation is 1. The van der Waals surface area contributed by atoms with Crippen LogP contribution in [0, 0.1) is 6.92 Å². The van der Waals surface area contributed by atoms with Crippen molar-refractivity contribution in [1.82, 2.24) is 9.55 Å². The van der Waals surface area contributed by atoms with Crippen LogP contribution in [0.2, 0.25) is 0 Å². The first-order valence-corrected chi connectivity index (χ1v) is 13.1. The standard InChI is InChI=1S/C26H46N2O5/c1-3-4-5-6-7-8-9-10-11-12-13-14-15-16-17-18-24(29)33-20-19-32-22-28-21-23(2)25(30)27-26(28)31/h21H,3-20,22H2,1-2H3,(H,27,30,31). The highest BCUT2D eigenvalue weighted by atomic mass is 16.6. The van der Waals surface area contributed by atoms with Crippen molar-refractivity contribution in [3.05, 3.63) is 32.6 Å². The fraction of sp³-hybridized carbons (Fsp3) is 0.808. The van der Waals surface area contributed by atoms with Crippen LogP contribution in [0.3, 0.4) is 0 Å². The molecule has 1 aromatic rings. The van der Waals surface area contributed by atoms with Gasteiger partial charge in [0, 0.05) is 18.2 Å². The van der Waals surface area contributed by atoms with E-state index in [0.29, 0.717) is 12.0 Å². The maximum Gasteiger partial charge on any atom is 0.330 e. The van der Waals surface area contributed by atoms with Gasteiger partial charge in [0.2, 0.25) is 0 Å². The summed E-state index contributed by atoms with van der Waals surface area (Å²) in [5, 5.41) is 0. The van der Waals surface area contributed by atoms with Gasteiger partial charge in [0.1, 0.15) is 13.3 Å². The molecular weight excluding hydrogens is 420 g/mol. The molecule has 190 valence electrons. The van der Waals surface area contributed by atoms with Crippen LogP contribution in [0.25, 0.3) is 0 Å². The van der Waals surface area contributed by atoms with E-state index in [-0.39, 0.29) is 25.9 Å². The zero-order chi connectivity index (χ0) is 24.2. The molecule has 0 bridgehead atoms. The van der Waals surface area contributed by atoms with Crippen molar-refractivity contribution in [2.24, 2.45) is 0 Å². The van der Waals surface area contributed by atoms with Crippen LogP contribution in [-0.2, 0) is 21.0 Å². The predicted molar refractivity (Wildman–Crippen MR) is 133 cm³/mol. The number of carbonyl (C=O) groups excluding carboxylic acids is 1. The van der Waals surface area contributed by atoms with Crippen LogP contribution in [0.1, 0.15) is 115 Å². The lowest BCUT2D eigenvalue weighted by atomic mass is 10.0. The number of aromatic amines is 1. The summed E-state index contributed by atoms with van der Waals surface area (Å²) >= 11 is 0. The summed E-state index contributed by atoms with van der Waals surface area (Å²) in [4.78, 5) is 36.9. The summed E-state index contributed by atoms with van der Waals surface area (Å²) in [6, 6.07) is 0. The lowest BCUT2D eigenvalue weighted by Crippen LogP contribution is -2.31. The number of rotatable bonds is 21. The van der Waals surface area contributed by atoms with E-state index in [1.165, 1.54) is 94.2 Å². The molecule has 7 nitrogen and oxygen atoms in total. The number of carbonyl (C=O) groups is 1. The number of esters is 1. The summed E-state index contributed by atoms with van der Waals surface area (Å²) in [6.45, 7) is 4.26. The van der Waals surface area contributed by atoms with E-state index in [4.69, 9.17) is 9.47 Å². The normalized spacial score (nSPS) is 11.1. The first kappa shape index (κ1) is 29.1. The number of aromatic nitrogens is 2. The Labute approximate surface area is 199 Å². The molecule has 0 aliphatic carbocycles. The van der Waals surface area contributed by atoms with E-state index >= 15 is 0 Å². The van der Waals surface area contributed by atoms with Gasteiger partial charge in [-0.3, -0.25) is 19.1 Å². The van der Waals surface area contributed by atoms with E-state index in [9.17, 15) is 14.4 Å². The highest BCUT2D eigenvalue weighted by Gasteiger charge is 2.04. The second kappa shape index (κ2) is 19.6. The molecule has 0 atom stereocenters. The molecule has 0 aliphatic heterocycles. The number of hydrogen-bond acceptors (Lipinski definition) is 5. The Balaban J connectivity index is 1.86. The van der Waals surface area contributed by atoms with Crippen LogP contribution in [0.4, 0.5) is 0 Å². The third-order valence-electron chi connectivity index (χ3n) is 5.89. The van der Waals surface area contributed by atoms with E-state index in [0.717, 1.165) is 12.8 Å². The summed E-state index contributed by atoms with van der Waals surface area (Å²) in [5.41, 5.74) is -0.479. The molecular formula is C26H46N2O5. The van der Waals surface area contributed by atoms with Gasteiger partial charge < -0.3 is 9.47 Å². The van der Waals surface area contributed by atoms with E-state index < -0.39 is 11.2 Å². The average Bonchev–Trinajstić information content (AvgIpc) is 2.79. The Morgan fingerprint density at radius 2 is 1.33 bits per heavy atom. The molecule has 0 aliphatic rings. The molecule has 0 spiro atoms. The predicted octanol–water partition coefficient (Wildman–Crippen LogP) is 5.62. The van der Waals surface area contributed by atoms with Gasteiger partial charge in [-0.1, -0.05) is 96.8 Å². The van der Waals surface area contributed by atoms with Crippen molar-refractivity contribution < 1.29 is 14.3 Å². The molecule has 1 N–H and O–H groups in total. The second-order valence-electron chi connectivity index (χ2n) is 9.00. The van der Waals surface area contributed by atoms with Gasteiger partial charge in [0.05, 0.1) is 6.61 Å². The van der Waals surface area contributed by atoms with Crippen LogP contribution in [0.5, 0.6) is 0 Å². The molecule has 1 heterocycles. The second-order valence-corrected chi connectivity index (χ2v) is 9.00. The molecule has 0 amide bonds. The lowest BCUT2D eigenvalue weighted by Gasteiger charge is -2.08. The molecule has 0 radical (unpaired) electrons. The third-order valence-corrected chi connectivity index (χ3v) is 5.89. The molecule has 33 heavy (non-hydrogen) atoms. The number of ether oxygens (including phenoxy) is 2. The van der Waals surface area contributed by atoms with Crippen LogP contribution in [-0.4, -0.2) is 28.7 Å². The fourth-order valence-electron chi connectivity index (χ4n) is 3.80.